The molecule has 0 saturated carbocycles. The summed E-state index contributed by atoms with van der Waals surface area (Å²) in [6.45, 7) is 0. The molecular weight excluding hydrogens is 389 g/mol. The van der Waals surface area contributed by atoms with Gasteiger partial charge in [0, 0.05) is 21.7 Å². The summed E-state index contributed by atoms with van der Waals surface area (Å²) in [5.41, 5.74) is 0.458. The molecule has 3 aromatic rings. The van der Waals surface area contributed by atoms with Crippen molar-refractivity contribution in [2.75, 3.05) is 5.32 Å². The number of rotatable bonds is 5. The average molecular weight is 402 g/mol. The van der Waals surface area contributed by atoms with Crippen LogP contribution in [0.1, 0.15) is 20.7 Å². The number of hydrogen-bond donors (Lipinski definition) is 2. The molecule has 0 aliphatic carbocycles. The minimum absolute atomic E-state index is 0.0595. The number of anilines is 1. The van der Waals surface area contributed by atoms with Crippen molar-refractivity contribution in [3.05, 3.63) is 87.9 Å². The maximum Gasteiger partial charge on any atom is 0.337 e. The van der Waals surface area contributed by atoms with E-state index in [0.717, 1.165) is 0 Å². The van der Waals surface area contributed by atoms with Crippen molar-refractivity contribution in [1.82, 2.24) is 0 Å². The fraction of sp³-hybridized carbons (Fsp3) is 0. The third-order valence-corrected chi connectivity index (χ3v) is 4.01. The normalized spacial score (nSPS) is 10.3. The zero-order valence-corrected chi connectivity index (χ0v) is 15.3. The Hall–Kier alpha value is -3.02. The fourth-order valence-corrected chi connectivity index (χ4v) is 2.89. The Kier molecular flexibility index (Phi) is 5.64. The Balaban J connectivity index is 1.90. The minimum Gasteiger partial charge on any atom is -0.478 e. The average Bonchev–Trinajstić information content (AvgIpc) is 2.61. The molecule has 1 amide bonds. The number of amides is 1. The summed E-state index contributed by atoms with van der Waals surface area (Å²) in [4.78, 5) is 23.8. The zero-order valence-electron chi connectivity index (χ0n) is 13.8. The summed E-state index contributed by atoms with van der Waals surface area (Å²) in [6, 6.07) is 17.4. The van der Waals surface area contributed by atoms with Gasteiger partial charge in [-0.3, -0.25) is 4.79 Å². The molecule has 7 heteroatoms. The molecule has 3 rings (SSSR count). The Morgan fingerprint density at radius 1 is 0.852 bits per heavy atom. The Bertz CT molecular complexity index is 986. The van der Waals surface area contributed by atoms with E-state index in [4.69, 9.17) is 27.9 Å². The molecule has 5 nitrogen and oxygen atoms in total. The fourth-order valence-electron chi connectivity index (χ4n) is 2.38. The van der Waals surface area contributed by atoms with Gasteiger partial charge in [0.2, 0.25) is 0 Å². The number of ether oxygens (including phenoxy) is 1. The van der Waals surface area contributed by atoms with Gasteiger partial charge in [0.05, 0.1) is 11.3 Å². The van der Waals surface area contributed by atoms with Gasteiger partial charge in [-0.05, 0) is 42.5 Å². The topological polar surface area (TPSA) is 75.6 Å². The van der Waals surface area contributed by atoms with Gasteiger partial charge in [-0.1, -0.05) is 41.4 Å². The van der Waals surface area contributed by atoms with Crippen molar-refractivity contribution in [3.8, 4) is 11.5 Å². The van der Waals surface area contributed by atoms with Crippen LogP contribution in [0.2, 0.25) is 10.0 Å². The number of carboxylic acid groups (broad SMARTS) is 1. The maximum atomic E-state index is 12.4. The lowest BCUT2D eigenvalue weighted by molar-refractivity contribution is 0.0698. The molecule has 0 heterocycles. The molecule has 136 valence electrons. The molecule has 0 saturated heterocycles. The number of benzene rings is 3. The van der Waals surface area contributed by atoms with E-state index in [9.17, 15) is 14.7 Å². The summed E-state index contributed by atoms with van der Waals surface area (Å²) < 4.78 is 5.69. The first-order valence-corrected chi connectivity index (χ1v) is 8.55. The van der Waals surface area contributed by atoms with Crippen molar-refractivity contribution in [2.24, 2.45) is 0 Å². The second-order valence-electron chi connectivity index (χ2n) is 5.54. The van der Waals surface area contributed by atoms with Crippen LogP contribution in [-0.2, 0) is 0 Å². The minimum atomic E-state index is -1.17. The van der Waals surface area contributed by atoms with Crippen LogP contribution in [0.5, 0.6) is 11.5 Å². The third kappa shape index (κ3) is 4.78. The van der Waals surface area contributed by atoms with Gasteiger partial charge < -0.3 is 15.2 Å². The largest absolute Gasteiger partial charge is 0.478 e. The molecule has 27 heavy (non-hydrogen) atoms. The smallest absolute Gasteiger partial charge is 0.337 e. The van der Waals surface area contributed by atoms with E-state index in [1.165, 1.54) is 18.2 Å². The molecule has 0 aromatic heterocycles. The van der Waals surface area contributed by atoms with Crippen molar-refractivity contribution in [1.29, 1.82) is 0 Å². The predicted molar refractivity (Wildman–Crippen MR) is 104 cm³/mol. The molecule has 0 unspecified atom stereocenters. The van der Waals surface area contributed by atoms with E-state index in [2.05, 4.69) is 5.32 Å². The van der Waals surface area contributed by atoms with Crippen LogP contribution in [-0.4, -0.2) is 17.0 Å². The highest BCUT2D eigenvalue weighted by atomic mass is 35.5. The first-order chi connectivity index (χ1) is 12.9. The van der Waals surface area contributed by atoms with E-state index >= 15 is 0 Å². The summed E-state index contributed by atoms with van der Waals surface area (Å²) in [5.74, 6) is -0.894. The van der Waals surface area contributed by atoms with Crippen molar-refractivity contribution < 1.29 is 19.4 Å². The molecular formula is C20H13Cl2NO4. The Labute approximate surface area is 165 Å². The van der Waals surface area contributed by atoms with Crippen molar-refractivity contribution >= 4 is 40.8 Å². The van der Waals surface area contributed by atoms with Gasteiger partial charge in [0.1, 0.15) is 11.5 Å². The van der Waals surface area contributed by atoms with Crippen LogP contribution in [0.15, 0.2) is 66.7 Å². The molecule has 0 bridgehead atoms. The molecule has 3 aromatic carbocycles. The standard InChI is InChI=1S/C20H13Cl2NO4/c21-13-8-14(22)10-16(9-13)27-15-6-7-17(20(25)26)18(11-15)23-19(24)12-4-2-1-3-5-12/h1-11H,(H,23,24)(H,25,26). The van der Waals surface area contributed by atoms with Crippen LogP contribution in [0, 0.1) is 0 Å². The number of carboxylic acids is 1. The van der Waals surface area contributed by atoms with Crippen molar-refractivity contribution in [3.63, 3.8) is 0 Å². The lowest BCUT2D eigenvalue weighted by atomic mass is 10.1. The highest BCUT2D eigenvalue weighted by Crippen LogP contribution is 2.31. The van der Waals surface area contributed by atoms with E-state index in [-0.39, 0.29) is 11.3 Å². The van der Waals surface area contributed by atoms with Crippen LogP contribution in [0.3, 0.4) is 0 Å². The lowest BCUT2D eigenvalue weighted by Crippen LogP contribution is -2.14. The molecule has 0 radical (unpaired) electrons. The van der Waals surface area contributed by atoms with E-state index in [1.54, 1.807) is 48.5 Å². The quantitative estimate of drug-likeness (QED) is 0.571. The highest BCUT2D eigenvalue weighted by Gasteiger charge is 2.15. The SMILES string of the molecule is O=C(Nc1cc(Oc2cc(Cl)cc(Cl)c2)ccc1C(=O)O)c1ccccc1. The molecule has 0 atom stereocenters. The molecule has 2 N–H and O–H groups in total. The first-order valence-electron chi connectivity index (χ1n) is 7.80. The first kappa shape index (κ1) is 18.8. The van der Waals surface area contributed by atoms with Gasteiger partial charge in [0.25, 0.3) is 5.91 Å². The van der Waals surface area contributed by atoms with E-state index in [1.807, 2.05) is 0 Å². The van der Waals surface area contributed by atoms with Crippen LogP contribution in [0.25, 0.3) is 0 Å². The molecule has 0 fully saturated rings. The Morgan fingerprint density at radius 2 is 1.52 bits per heavy atom. The number of carbonyl (C=O) groups is 2. The van der Waals surface area contributed by atoms with Gasteiger partial charge in [0.15, 0.2) is 0 Å². The van der Waals surface area contributed by atoms with Gasteiger partial charge in [-0.15, -0.1) is 0 Å². The van der Waals surface area contributed by atoms with Gasteiger partial charge in [-0.2, -0.15) is 0 Å². The van der Waals surface area contributed by atoms with Gasteiger partial charge >= 0.3 is 5.97 Å². The molecule has 0 spiro atoms. The summed E-state index contributed by atoms with van der Waals surface area (Å²) in [5, 5.41) is 12.8. The number of halogens is 2. The number of nitrogens with one attached hydrogen (secondary N) is 1. The highest BCUT2D eigenvalue weighted by molar-refractivity contribution is 6.34. The second-order valence-corrected chi connectivity index (χ2v) is 6.41. The molecule has 0 aliphatic rings. The van der Waals surface area contributed by atoms with Gasteiger partial charge in [-0.25, -0.2) is 4.79 Å². The summed E-state index contributed by atoms with van der Waals surface area (Å²) in [7, 11) is 0. The third-order valence-electron chi connectivity index (χ3n) is 3.58. The zero-order chi connectivity index (χ0) is 19.4. The summed E-state index contributed by atoms with van der Waals surface area (Å²) in [6.07, 6.45) is 0. The maximum absolute atomic E-state index is 12.4. The summed E-state index contributed by atoms with van der Waals surface area (Å²) >= 11 is 11.9. The number of hydrogen-bond acceptors (Lipinski definition) is 3. The number of carbonyl (C=O) groups excluding carboxylic acids is 1. The molecule has 0 aliphatic heterocycles. The van der Waals surface area contributed by atoms with E-state index < -0.39 is 11.9 Å². The lowest BCUT2D eigenvalue weighted by Gasteiger charge is -2.12. The van der Waals surface area contributed by atoms with Crippen LogP contribution in [0.4, 0.5) is 5.69 Å². The predicted octanol–water partition coefficient (Wildman–Crippen LogP) is 5.74. The number of aromatic carboxylic acids is 1. The van der Waals surface area contributed by atoms with E-state index in [0.29, 0.717) is 27.1 Å². The van der Waals surface area contributed by atoms with Crippen molar-refractivity contribution in [2.45, 2.75) is 0 Å². The van der Waals surface area contributed by atoms with Crippen LogP contribution < -0.4 is 10.1 Å². The van der Waals surface area contributed by atoms with Crippen LogP contribution >= 0.6 is 23.2 Å². The second kappa shape index (κ2) is 8.12. The monoisotopic (exact) mass is 401 g/mol. The Morgan fingerprint density at radius 3 is 2.15 bits per heavy atom.